The van der Waals surface area contributed by atoms with Crippen molar-refractivity contribution < 1.29 is 0 Å². The molecule has 1 aromatic rings. The zero-order valence-corrected chi connectivity index (χ0v) is 11.0. The van der Waals surface area contributed by atoms with Gasteiger partial charge in [-0.1, -0.05) is 0 Å². The van der Waals surface area contributed by atoms with E-state index in [0.717, 1.165) is 29.3 Å². The molecule has 16 heavy (non-hydrogen) atoms. The Bertz CT molecular complexity index is 410. The lowest BCUT2D eigenvalue weighted by Gasteiger charge is -2.20. The first kappa shape index (κ1) is 12.6. The lowest BCUT2D eigenvalue weighted by molar-refractivity contribution is 0.914. The van der Waals surface area contributed by atoms with E-state index in [2.05, 4.69) is 47.9 Å². The fourth-order valence-corrected chi connectivity index (χ4v) is 1.68. The highest BCUT2D eigenvalue weighted by Gasteiger charge is 2.13. The number of anilines is 1. The van der Waals surface area contributed by atoms with Crippen LogP contribution in [0.2, 0.25) is 0 Å². The molecule has 4 heteroatoms. The number of pyridine rings is 1. The first-order valence-electron chi connectivity index (χ1n) is 5.51. The molecule has 0 atom stereocenters. The number of azo groups is 1. The number of aryl methyl sites for hydroxylation is 1. The quantitative estimate of drug-likeness (QED) is 0.734. The predicted octanol–water partition coefficient (Wildman–Crippen LogP) is 3.18. The van der Waals surface area contributed by atoms with Gasteiger partial charge in [0.05, 0.1) is 5.69 Å². The standard InChI is InChI=1S/C12H20N4/c1-7-16(6)12-9(3)8(2)11(15-13-5)10(4)14-12/h7H2,1-6H3. The summed E-state index contributed by atoms with van der Waals surface area (Å²) >= 11 is 0. The predicted molar refractivity (Wildman–Crippen MR) is 67.8 cm³/mol. The molecule has 0 aromatic carbocycles. The van der Waals surface area contributed by atoms with Gasteiger partial charge in [0.25, 0.3) is 0 Å². The first-order valence-corrected chi connectivity index (χ1v) is 5.51. The van der Waals surface area contributed by atoms with Gasteiger partial charge in [-0.15, -0.1) is 0 Å². The first-order chi connectivity index (χ1) is 7.52. The molecule has 0 aliphatic rings. The normalized spacial score (nSPS) is 11.1. The maximum absolute atomic E-state index is 4.60. The van der Waals surface area contributed by atoms with E-state index in [0.29, 0.717) is 0 Å². The van der Waals surface area contributed by atoms with Crippen molar-refractivity contribution in [1.29, 1.82) is 0 Å². The maximum Gasteiger partial charge on any atom is 0.131 e. The molecule has 1 heterocycles. The van der Waals surface area contributed by atoms with Gasteiger partial charge < -0.3 is 4.90 Å². The fourth-order valence-electron chi connectivity index (χ4n) is 1.68. The Morgan fingerprint density at radius 3 is 2.31 bits per heavy atom. The number of hydrogen-bond donors (Lipinski definition) is 0. The molecule has 0 aliphatic heterocycles. The van der Waals surface area contributed by atoms with Crippen LogP contribution in [-0.4, -0.2) is 25.6 Å². The summed E-state index contributed by atoms with van der Waals surface area (Å²) in [4.78, 5) is 6.74. The summed E-state index contributed by atoms with van der Waals surface area (Å²) in [5.74, 6) is 1.03. The van der Waals surface area contributed by atoms with E-state index in [1.54, 1.807) is 7.05 Å². The van der Waals surface area contributed by atoms with Gasteiger partial charge in [-0.05, 0) is 38.8 Å². The summed E-state index contributed by atoms with van der Waals surface area (Å²) < 4.78 is 0. The monoisotopic (exact) mass is 220 g/mol. The Morgan fingerprint density at radius 2 is 1.81 bits per heavy atom. The van der Waals surface area contributed by atoms with Crippen molar-refractivity contribution in [3.63, 3.8) is 0 Å². The molecule has 0 saturated heterocycles. The maximum atomic E-state index is 4.60. The molecule has 1 rings (SSSR count). The van der Waals surface area contributed by atoms with Gasteiger partial charge in [0.15, 0.2) is 0 Å². The second-order valence-corrected chi connectivity index (χ2v) is 3.93. The van der Waals surface area contributed by atoms with Crippen molar-refractivity contribution in [2.24, 2.45) is 10.2 Å². The summed E-state index contributed by atoms with van der Waals surface area (Å²) in [5.41, 5.74) is 4.17. The Kier molecular flexibility index (Phi) is 3.99. The van der Waals surface area contributed by atoms with Crippen molar-refractivity contribution in [1.82, 2.24) is 4.98 Å². The molecule has 0 radical (unpaired) electrons. The molecule has 0 aliphatic carbocycles. The van der Waals surface area contributed by atoms with Crippen LogP contribution in [-0.2, 0) is 0 Å². The molecular formula is C12H20N4. The fraction of sp³-hybridized carbons (Fsp3) is 0.583. The minimum absolute atomic E-state index is 0.897. The van der Waals surface area contributed by atoms with Crippen molar-refractivity contribution >= 4 is 11.5 Å². The van der Waals surface area contributed by atoms with Crippen molar-refractivity contribution in [3.8, 4) is 0 Å². The van der Waals surface area contributed by atoms with Crippen LogP contribution >= 0.6 is 0 Å². The Morgan fingerprint density at radius 1 is 1.19 bits per heavy atom. The number of nitrogens with zero attached hydrogens (tertiary/aromatic N) is 4. The summed E-state index contributed by atoms with van der Waals surface area (Å²) in [7, 11) is 3.73. The van der Waals surface area contributed by atoms with Crippen LogP contribution in [0.15, 0.2) is 10.2 Å². The minimum Gasteiger partial charge on any atom is -0.360 e. The minimum atomic E-state index is 0.897. The highest BCUT2D eigenvalue weighted by atomic mass is 15.2. The van der Waals surface area contributed by atoms with Crippen LogP contribution < -0.4 is 4.90 Å². The molecule has 0 amide bonds. The van der Waals surface area contributed by atoms with E-state index in [4.69, 9.17) is 0 Å². The second kappa shape index (κ2) is 5.05. The third-order valence-electron chi connectivity index (χ3n) is 2.91. The third-order valence-corrected chi connectivity index (χ3v) is 2.91. The van der Waals surface area contributed by atoms with Crippen molar-refractivity contribution in [2.75, 3.05) is 25.5 Å². The summed E-state index contributed by atoms with van der Waals surface area (Å²) in [6, 6.07) is 0. The van der Waals surface area contributed by atoms with E-state index in [-0.39, 0.29) is 0 Å². The van der Waals surface area contributed by atoms with Gasteiger partial charge >= 0.3 is 0 Å². The zero-order chi connectivity index (χ0) is 12.3. The largest absolute Gasteiger partial charge is 0.360 e. The highest BCUT2D eigenvalue weighted by Crippen LogP contribution is 2.30. The molecular weight excluding hydrogens is 200 g/mol. The van der Waals surface area contributed by atoms with Crippen LogP contribution in [0.1, 0.15) is 23.7 Å². The second-order valence-electron chi connectivity index (χ2n) is 3.93. The average molecular weight is 220 g/mol. The molecule has 0 N–H and O–H groups in total. The molecule has 88 valence electrons. The topological polar surface area (TPSA) is 40.9 Å². The Hall–Kier alpha value is -1.45. The molecule has 0 unspecified atom stereocenters. The lowest BCUT2D eigenvalue weighted by Crippen LogP contribution is -2.19. The van der Waals surface area contributed by atoms with Crippen LogP contribution in [0, 0.1) is 20.8 Å². The van der Waals surface area contributed by atoms with Gasteiger partial charge in [0.1, 0.15) is 11.5 Å². The zero-order valence-electron chi connectivity index (χ0n) is 11.0. The molecule has 0 saturated carbocycles. The van der Waals surface area contributed by atoms with Crippen LogP contribution in [0.25, 0.3) is 0 Å². The average Bonchev–Trinajstić information content (AvgIpc) is 2.28. The van der Waals surface area contributed by atoms with Gasteiger partial charge in [0, 0.05) is 20.6 Å². The molecule has 0 spiro atoms. The Labute approximate surface area is 97.4 Å². The van der Waals surface area contributed by atoms with Crippen molar-refractivity contribution in [2.45, 2.75) is 27.7 Å². The van der Waals surface area contributed by atoms with Gasteiger partial charge in [-0.2, -0.15) is 10.2 Å². The van der Waals surface area contributed by atoms with Gasteiger partial charge in [0.2, 0.25) is 0 Å². The summed E-state index contributed by atoms with van der Waals surface area (Å²) in [6.07, 6.45) is 0. The summed E-state index contributed by atoms with van der Waals surface area (Å²) in [6.45, 7) is 9.19. The van der Waals surface area contributed by atoms with Gasteiger partial charge in [-0.25, -0.2) is 4.98 Å². The van der Waals surface area contributed by atoms with Crippen molar-refractivity contribution in [3.05, 3.63) is 16.8 Å². The number of rotatable bonds is 3. The van der Waals surface area contributed by atoms with Gasteiger partial charge in [-0.3, -0.25) is 0 Å². The Balaban J connectivity index is 3.38. The smallest absolute Gasteiger partial charge is 0.131 e. The SMILES string of the molecule is CCN(C)c1nc(C)c(N=NC)c(C)c1C. The van der Waals surface area contributed by atoms with E-state index >= 15 is 0 Å². The molecule has 0 fully saturated rings. The van der Waals surface area contributed by atoms with Crippen LogP contribution in [0.3, 0.4) is 0 Å². The van der Waals surface area contributed by atoms with E-state index in [9.17, 15) is 0 Å². The lowest BCUT2D eigenvalue weighted by atomic mass is 10.1. The molecule has 1 aromatic heterocycles. The third kappa shape index (κ3) is 2.21. The molecule has 0 bridgehead atoms. The molecule has 4 nitrogen and oxygen atoms in total. The van der Waals surface area contributed by atoms with E-state index < -0.39 is 0 Å². The van der Waals surface area contributed by atoms with E-state index in [1.807, 2.05) is 6.92 Å². The highest BCUT2D eigenvalue weighted by molar-refractivity contribution is 5.61. The van der Waals surface area contributed by atoms with Crippen LogP contribution in [0.5, 0.6) is 0 Å². The number of hydrogen-bond acceptors (Lipinski definition) is 4. The summed E-state index contributed by atoms with van der Waals surface area (Å²) in [5, 5.41) is 7.97. The van der Waals surface area contributed by atoms with Crippen LogP contribution in [0.4, 0.5) is 11.5 Å². The van der Waals surface area contributed by atoms with E-state index in [1.165, 1.54) is 5.56 Å². The number of aromatic nitrogens is 1.